The summed E-state index contributed by atoms with van der Waals surface area (Å²) in [7, 11) is 0.242. The predicted molar refractivity (Wildman–Crippen MR) is 74.7 cm³/mol. The molecule has 0 amide bonds. The summed E-state index contributed by atoms with van der Waals surface area (Å²) in [6.07, 6.45) is 0.935. The van der Waals surface area contributed by atoms with Crippen molar-refractivity contribution >= 4 is 38.6 Å². The molecule has 0 saturated carbocycles. The fourth-order valence-electron chi connectivity index (χ4n) is 1.21. The molecule has 8 heteroatoms. The minimum absolute atomic E-state index is 0.187. The Labute approximate surface area is 116 Å². The van der Waals surface area contributed by atoms with E-state index in [0.717, 1.165) is 0 Å². The third-order valence-electron chi connectivity index (χ3n) is 2.18. The Balaban J connectivity index is 4.10. The molecule has 2 N–H and O–H groups in total. The molecule has 0 heterocycles. The Bertz CT molecular complexity index is 321. The summed E-state index contributed by atoms with van der Waals surface area (Å²) < 4.78 is 31.7. The highest BCUT2D eigenvalue weighted by atomic mass is 127. The number of hydrogen-bond donors (Lipinski definition) is 2. The topological polar surface area (TPSA) is 88.5 Å². The standard InChI is InChI=1S/C9H19IN2O4S/c1-15-5-3-6-17(11,14)7-4-8(12-10)9(13)16-2/h8,11-12H,3-7H2,1-2H3/t8-,17?/m0/s1. The second-order valence-electron chi connectivity index (χ2n) is 3.54. The quantitative estimate of drug-likeness (QED) is 0.270. The van der Waals surface area contributed by atoms with E-state index >= 15 is 0 Å². The van der Waals surface area contributed by atoms with Crippen molar-refractivity contribution in [3.63, 3.8) is 0 Å². The lowest BCUT2D eigenvalue weighted by atomic mass is 10.2. The van der Waals surface area contributed by atoms with Crippen LogP contribution in [0.1, 0.15) is 12.8 Å². The largest absolute Gasteiger partial charge is 0.468 e. The minimum atomic E-state index is -2.63. The number of halogens is 1. The van der Waals surface area contributed by atoms with Gasteiger partial charge >= 0.3 is 5.97 Å². The van der Waals surface area contributed by atoms with Crippen LogP contribution in [0, 0.1) is 4.78 Å². The highest BCUT2D eigenvalue weighted by Crippen LogP contribution is 2.04. The van der Waals surface area contributed by atoms with Crippen LogP contribution >= 0.6 is 22.9 Å². The fourth-order valence-corrected chi connectivity index (χ4v) is 3.18. The molecule has 1 unspecified atom stereocenters. The van der Waals surface area contributed by atoms with Gasteiger partial charge in [-0.05, 0) is 12.8 Å². The molecule has 17 heavy (non-hydrogen) atoms. The molecule has 0 spiro atoms. The van der Waals surface area contributed by atoms with Gasteiger partial charge in [-0.2, -0.15) is 0 Å². The van der Waals surface area contributed by atoms with Gasteiger partial charge in [0.2, 0.25) is 0 Å². The van der Waals surface area contributed by atoms with Crippen molar-refractivity contribution in [1.82, 2.24) is 3.53 Å². The Morgan fingerprint density at radius 1 is 1.47 bits per heavy atom. The van der Waals surface area contributed by atoms with Gasteiger partial charge in [0.15, 0.2) is 0 Å². The average molecular weight is 378 g/mol. The molecule has 0 rings (SSSR count). The van der Waals surface area contributed by atoms with Crippen LogP contribution in [0.5, 0.6) is 0 Å². The smallest absolute Gasteiger partial charge is 0.323 e. The van der Waals surface area contributed by atoms with Gasteiger partial charge in [-0.15, -0.1) is 0 Å². The third kappa shape index (κ3) is 7.90. The number of esters is 1. The summed E-state index contributed by atoms with van der Waals surface area (Å²) in [5.74, 6) is 0.0918. The zero-order valence-corrected chi connectivity index (χ0v) is 13.0. The number of hydrogen-bond acceptors (Lipinski definition) is 6. The maximum atomic E-state index is 11.8. The Kier molecular flexibility index (Phi) is 9.10. The molecule has 0 aliphatic rings. The van der Waals surface area contributed by atoms with Crippen LogP contribution in [-0.2, 0) is 24.0 Å². The summed E-state index contributed by atoms with van der Waals surface area (Å²) >= 11 is 1.85. The highest BCUT2D eigenvalue weighted by Gasteiger charge is 2.19. The van der Waals surface area contributed by atoms with E-state index in [4.69, 9.17) is 9.52 Å². The van der Waals surface area contributed by atoms with Crippen molar-refractivity contribution in [2.45, 2.75) is 18.9 Å². The molecular formula is C9H19IN2O4S. The molecule has 0 fully saturated rings. The Morgan fingerprint density at radius 3 is 2.59 bits per heavy atom. The van der Waals surface area contributed by atoms with Crippen LogP contribution < -0.4 is 3.53 Å². The zero-order chi connectivity index (χ0) is 13.3. The van der Waals surface area contributed by atoms with E-state index in [1.807, 2.05) is 22.9 Å². The van der Waals surface area contributed by atoms with E-state index in [1.165, 1.54) is 7.11 Å². The summed E-state index contributed by atoms with van der Waals surface area (Å²) in [4.78, 5) is 11.3. The van der Waals surface area contributed by atoms with Crippen molar-refractivity contribution < 1.29 is 18.5 Å². The molecule has 0 aromatic rings. The molecule has 0 bridgehead atoms. The van der Waals surface area contributed by atoms with Crippen molar-refractivity contribution in [2.75, 3.05) is 32.3 Å². The Hall–Kier alpha value is 0.0700. The van der Waals surface area contributed by atoms with E-state index in [1.54, 1.807) is 7.11 Å². The monoisotopic (exact) mass is 378 g/mol. The SMILES string of the molecule is COCCCS(=N)(=O)CC[C@H](NI)C(=O)OC. The van der Waals surface area contributed by atoms with Crippen LogP contribution in [0.25, 0.3) is 0 Å². The predicted octanol–water partition coefficient (Wildman–Crippen LogP) is 0.941. The zero-order valence-electron chi connectivity index (χ0n) is 10.0. The first-order chi connectivity index (χ1) is 7.96. The van der Waals surface area contributed by atoms with Gasteiger partial charge in [0.25, 0.3) is 0 Å². The molecular weight excluding hydrogens is 359 g/mol. The summed E-state index contributed by atoms with van der Waals surface area (Å²) in [5.41, 5.74) is 0. The van der Waals surface area contributed by atoms with Gasteiger partial charge in [0, 0.05) is 57.8 Å². The average Bonchev–Trinajstić information content (AvgIpc) is 2.29. The van der Waals surface area contributed by atoms with Gasteiger partial charge < -0.3 is 9.47 Å². The number of methoxy groups -OCH3 is 2. The van der Waals surface area contributed by atoms with Crippen molar-refractivity contribution in [3.8, 4) is 0 Å². The number of nitrogens with one attached hydrogen (secondary N) is 2. The van der Waals surface area contributed by atoms with E-state index < -0.39 is 21.7 Å². The van der Waals surface area contributed by atoms with Crippen LogP contribution in [0.4, 0.5) is 0 Å². The molecule has 6 nitrogen and oxygen atoms in total. The number of carbonyl (C=O) groups is 1. The van der Waals surface area contributed by atoms with E-state index in [-0.39, 0.29) is 5.75 Å². The van der Waals surface area contributed by atoms with Crippen LogP contribution in [0.2, 0.25) is 0 Å². The lowest BCUT2D eigenvalue weighted by Gasteiger charge is -2.13. The van der Waals surface area contributed by atoms with Gasteiger partial charge in [0.05, 0.1) is 7.11 Å². The molecule has 0 radical (unpaired) electrons. The molecule has 0 aromatic carbocycles. The molecule has 2 atom stereocenters. The molecule has 0 aliphatic heterocycles. The van der Waals surface area contributed by atoms with Gasteiger partial charge in [-0.1, -0.05) is 0 Å². The van der Waals surface area contributed by atoms with Gasteiger partial charge in [-0.3, -0.25) is 9.57 Å². The van der Waals surface area contributed by atoms with Gasteiger partial charge in [-0.25, -0.2) is 7.74 Å². The van der Waals surface area contributed by atoms with Crippen LogP contribution in [0.15, 0.2) is 0 Å². The minimum Gasteiger partial charge on any atom is -0.468 e. The lowest BCUT2D eigenvalue weighted by Crippen LogP contribution is -2.33. The first kappa shape index (κ1) is 17.1. The van der Waals surface area contributed by atoms with Crippen LogP contribution in [0.3, 0.4) is 0 Å². The van der Waals surface area contributed by atoms with E-state index in [2.05, 4.69) is 8.27 Å². The highest BCUT2D eigenvalue weighted by molar-refractivity contribution is 14.1. The number of carbonyl (C=O) groups excluding carboxylic acids is 1. The van der Waals surface area contributed by atoms with Crippen molar-refractivity contribution in [2.24, 2.45) is 0 Å². The normalized spacial score (nSPS) is 16.2. The molecule has 0 aliphatic carbocycles. The maximum Gasteiger partial charge on any atom is 0.323 e. The molecule has 0 saturated heterocycles. The maximum absolute atomic E-state index is 11.8. The van der Waals surface area contributed by atoms with Crippen LogP contribution in [-0.4, -0.2) is 48.6 Å². The molecule has 0 aromatic heterocycles. The van der Waals surface area contributed by atoms with Crippen molar-refractivity contribution in [3.05, 3.63) is 0 Å². The number of ether oxygens (including phenoxy) is 2. The summed E-state index contributed by atoms with van der Waals surface area (Å²) in [6.45, 7) is 0.501. The lowest BCUT2D eigenvalue weighted by molar-refractivity contribution is -0.142. The van der Waals surface area contributed by atoms with E-state index in [9.17, 15) is 9.00 Å². The number of rotatable bonds is 9. The summed E-state index contributed by atoms with van der Waals surface area (Å²) in [6, 6.07) is -0.505. The second-order valence-corrected chi connectivity index (χ2v) is 6.60. The summed E-state index contributed by atoms with van der Waals surface area (Å²) in [5, 5.41) is 0. The Morgan fingerprint density at radius 2 is 2.12 bits per heavy atom. The van der Waals surface area contributed by atoms with Gasteiger partial charge in [0.1, 0.15) is 6.04 Å². The first-order valence-electron chi connectivity index (χ1n) is 5.14. The van der Waals surface area contributed by atoms with E-state index in [0.29, 0.717) is 25.2 Å². The van der Waals surface area contributed by atoms with Crippen molar-refractivity contribution in [1.29, 1.82) is 4.78 Å². The first-order valence-corrected chi connectivity index (χ1v) is 8.11. The third-order valence-corrected chi connectivity index (χ3v) is 4.77. The fraction of sp³-hybridized carbons (Fsp3) is 0.889. The second kappa shape index (κ2) is 9.06. The molecule has 102 valence electrons.